The Balaban J connectivity index is 3.01. The molecule has 0 unspecified atom stereocenters. The van der Waals surface area contributed by atoms with Crippen molar-refractivity contribution in [3.8, 4) is 0 Å². The Labute approximate surface area is 64.4 Å². The lowest BCUT2D eigenvalue weighted by Crippen LogP contribution is -1.89. The van der Waals surface area contributed by atoms with E-state index in [1.807, 2.05) is 6.26 Å². The maximum atomic E-state index is 5.60. The number of aromatic nitrogens is 2. The van der Waals surface area contributed by atoms with Gasteiger partial charge < -0.3 is 5.73 Å². The molecule has 1 rings (SSSR count). The highest BCUT2D eigenvalue weighted by Crippen LogP contribution is 2.21. The van der Waals surface area contributed by atoms with Gasteiger partial charge in [-0.15, -0.1) is 11.8 Å². The lowest BCUT2D eigenvalue weighted by molar-refractivity contribution is 0.986. The number of nitrogen functional groups attached to an aromatic ring is 1. The molecule has 0 aliphatic carbocycles. The molecule has 1 heterocycles. The molecule has 3 nitrogen and oxygen atoms in total. The molecule has 0 aliphatic heterocycles. The summed E-state index contributed by atoms with van der Waals surface area (Å²) in [5.41, 5.74) is 6.73. The Bertz CT molecular complexity index is 219. The summed E-state index contributed by atoms with van der Waals surface area (Å²) >= 11 is 1.62. The van der Waals surface area contributed by atoms with Crippen LogP contribution in [0.4, 0.5) is 5.82 Å². The molecule has 56 valence electrons. The molecule has 10 heavy (non-hydrogen) atoms. The Morgan fingerprint density at radius 3 is 2.80 bits per heavy atom. The SMILES string of the molecule is CCc1c(SC)n[nH]c1N. The van der Waals surface area contributed by atoms with Crippen LogP contribution in [-0.4, -0.2) is 16.5 Å². The van der Waals surface area contributed by atoms with E-state index >= 15 is 0 Å². The summed E-state index contributed by atoms with van der Waals surface area (Å²) in [6.07, 6.45) is 2.94. The van der Waals surface area contributed by atoms with Gasteiger partial charge in [0.25, 0.3) is 0 Å². The monoisotopic (exact) mass is 157 g/mol. The third-order valence-electron chi connectivity index (χ3n) is 1.41. The summed E-state index contributed by atoms with van der Waals surface area (Å²) in [6.45, 7) is 2.07. The van der Waals surface area contributed by atoms with Crippen LogP contribution in [0.15, 0.2) is 5.03 Å². The molecule has 0 fully saturated rings. The number of thioether (sulfide) groups is 1. The van der Waals surface area contributed by atoms with E-state index in [4.69, 9.17) is 5.73 Å². The number of H-pyrrole nitrogens is 1. The highest BCUT2D eigenvalue weighted by molar-refractivity contribution is 7.98. The average Bonchev–Trinajstić information content (AvgIpc) is 2.30. The van der Waals surface area contributed by atoms with Crippen molar-refractivity contribution in [2.45, 2.75) is 18.4 Å². The number of anilines is 1. The minimum absolute atomic E-state index is 0.701. The van der Waals surface area contributed by atoms with Crippen molar-refractivity contribution in [3.63, 3.8) is 0 Å². The molecule has 0 aromatic carbocycles. The lowest BCUT2D eigenvalue weighted by atomic mass is 10.3. The number of nitrogens with zero attached hydrogens (tertiary/aromatic N) is 1. The zero-order valence-corrected chi connectivity index (χ0v) is 6.96. The summed E-state index contributed by atoms with van der Waals surface area (Å²) < 4.78 is 0. The highest BCUT2D eigenvalue weighted by atomic mass is 32.2. The predicted molar refractivity (Wildman–Crippen MR) is 44.2 cm³/mol. The van der Waals surface area contributed by atoms with Crippen LogP contribution < -0.4 is 5.73 Å². The van der Waals surface area contributed by atoms with Gasteiger partial charge in [0.15, 0.2) is 0 Å². The maximum absolute atomic E-state index is 5.60. The fraction of sp³-hybridized carbons (Fsp3) is 0.500. The number of nitrogens with one attached hydrogen (secondary N) is 1. The van der Waals surface area contributed by atoms with Gasteiger partial charge in [0.1, 0.15) is 10.8 Å². The van der Waals surface area contributed by atoms with Crippen LogP contribution >= 0.6 is 11.8 Å². The van der Waals surface area contributed by atoms with Crippen LogP contribution in [-0.2, 0) is 6.42 Å². The molecular formula is C6H11N3S. The van der Waals surface area contributed by atoms with E-state index in [0.717, 1.165) is 17.0 Å². The zero-order valence-electron chi connectivity index (χ0n) is 6.14. The van der Waals surface area contributed by atoms with Gasteiger partial charge in [0, 0.05) is 5.56 Å². The summed E-state index contributed by atoms with van der Waals surface area (Å²) in [6, 6.07) is 0. The second-order valence-electron chi connectivity index (χ2n) is 1.98. The fourth-order valence-corrected chi connectivity index (χ4v) is 1.51. The number of hydrogen-bond donors (Lipinski definition) is 2. The molecule has 0 atom stereocenters. The highest BCUT2D eigenvalue weighted by Gasteiger charge is 2.06. The predicted octanol–water partition coefficient (Wildman–Crippen LogP) is 1.28. The Hall–Kier alpha value is -0.640. The first-order chi connectivity index (χ1) is 4.79. The number of aromatic amines is 1. The summed E-state index contributed by atoms with van der Waals surface area (Å²) in [5, 5.41) is 7.78. The minimum Gasteiger partial charge on any atom is -0.384 e. The second kappa shape index (κ2) is 2.96. The molecule has 1 aromatic heterocycles. The molecule has 0 bridgehead atoms. The van der Waals surface area contributed by atoms with Gasteiger partial charge >= 0.3 is 0 Å². The largest absolute Gasteiger partial charge is 0.384 e. The number of hydrogen-bond acceptors (Lipinski definition) is 3. The van der Waals surface area contributed by atoms with E-state index < -0.39 is 0 Å². The zero-order chi connectivity index (χ0) is 7.56. The first-order valence-electron chi connectivity index (χ1n) is 3.16. The van der Waals surface area contributed by atoms with Crippen LogP contribution in [0, 0.1) is 0 Å². The lowest BCUT2D eigenvalue weighted by Gasteiger charge is -1.93. The van der Waals surface area contributed by atoms with E-state index in [0.29, 0.717) is 5.82 Å². The first kappa shape index (κ1) is 7.47. The van der Waals surface area contributed by atoms with Gasteiger partial charge in [-0.1, -0.05) is 6.92 Å². The molecule has 0 saturated heterocycles. The van der Waals surface area contributed by atoms with Crippen LogP contribution in [0.25, 0.3) is 0 Å². The van der Waals surface area contributed by atoms with Gasteiger partial charge in [-0.05, 0) is 12.7 Å². The topological polar surface area (TPSA) is 54.7 Å². The van der Waals surface area contributed by atoms with E-state index in [1.54, 1.807) is 11.8 Å². The van der Waals surface area contributed by atoms with Crippen LogP contribution in [0.3, 0.4) is 0 Å². The summed E-state index contributed by atoms with van der Waals surface area (Å²) in [5.74, 6) is 0.701. The van der Waals surface area contributed by atoms with E-state index in [1.165, 1.54) is 0 Å². The van der Waals surface area contributed by atoms with Gasteiger partial charge in [-0.3, -0.25) is 5.10 Å². The van der Waals surface area contributed by atoms with Crippen molar-refractivity contribution in [3.05, 3.63) is 5.56 Å². The van der Waals surface area contributed by atoms with Crippen molar-refractivity contribution in [1.82, 2.24) is 10.2 Å². The van der Waals surface area contributed by atoms with Crippen LogP contribution in [0.1, 0.15) is 12.5 Å². The Morgan fingerprint density at radius 1 is 1.70 bits per heavy atom. The summed E-state index contributed by atoms with van der Waals surface area (Å²) in [4.78, 5) is 0. The Morgan fingerprint density at radius 2 is 2.40 bits per heavy atom. The van der Waals surface area contributed by atoms with Crippen molar-refractivity contribution >= 4 is 17.6 Å². The smallest absolute Gasteiger partial charge is 0.123 e. The molecule has 1 aromatic rings. The van der Waals surface area contributed by atoms with Gasteiger partial charge in [0.2, 0.25) is 0 Å². The molecule has 3 N–H and O–H groups in total. The standard InChI is InChI=1S/C6H11N3S/c1-3-4-5(7)8-9-6(4)10-2/h3H2,1-2H3,(H3,7,8,9). The number of rotatable bonds is 2. The van der Waals surface area contributed by atoms with Crippen molar-refractivity contribution < 1.29 is 0 Å². The molecule has 0 spiro atoms. The van der Waals surface area contributed by atoms with Crippen molar-refractivity contribution in [1.29, 1.82) is 0 Å². The average molecular weight is 157 g/mol. The van der Waals surface area contributed by atoms with Gasteiger partial charge in [-0.2, -0.15) is 5.10 Å². The number of nitrogens with two attached hydrogens (primary N) is 1. The van der Waals surface area contributed by atoms with Gasteiger partial charge in [0.05, 0.1) is 0 Å². The van der Waals surface area contributed by atoms with Gasteiger partial charge in [-0.25, -0.2) is 0 Å². The van der Waals surface area contributed by atoms with Crippen LogP contribution in [0.5, 0.6) is 0 Å². The maximum Gasteiger partial charge on any atom is 0.123 e. The molecule has 0 radical (unpaired) electrons. The van der Waals surface area contributed by atoms with E-state index in [2.05, 4.69) is 17.1 Å². The Kier molecular flexibility index (Phi) is 2.21. The quantitative estimate of drug-likeness (QED) is 0.636. The third-order valence-corrected chi connectivity index (χ3v) is 2.13. The van der Waals surface area contributed by atoms with E-state index in [-0.39, 0.29) is 0 Å². The second-order valence-corrected chi connectivity index (χ2v) is 2.77. The summed E-state index contributed by atoms with van der Waals surface area (Å²) in [7, 11) is 0. The molecular weight excluding hydrogens is 146 g/mol. The third kappa shape index (κ3) is 1.11. The molecule has 4 heteroatoms. The van der Waals surface area contributed by atoms with Crippen molar-refractivity contribution in [2.75, 3.05) is 12.0 Å². The van der Waals surface area contributed by atoms with Crippen LogP contribution in [0.2, 0.25) is 0 Å². The van der Waals surface area contributed by atoms with Crippen molar-refractivity contribution in [2.24, 2.45) is 0 Å². The molecule has 0 amide bonds. The minimum atomic E-state index is 0.701. The first-order valence-corrected chi connectivity index (χ1v) is 4.38. The fourth-order valence-electron chi connectivity index (χ4n) is 0.872. The van der Waals surface area contributed by atoms with E-state index in [9.17, 15) is 0 Å². The normalized spacial score (nSPS) is 10.2. The molecule has 0 aliphatic rings. The molecule has 0 saturated carbocycles.